The molecule has 1 aromatic heterocycles. The fraction of sp³-hybridized carbons (Fsp3) is 0.231. The van der Waals surface area contributed by atoms with Gasteiger partial charge in [-0.05, 0) is 19.1 Å². The van der Waals surface area contributed by atoms with Gasteiger partial charge in [0.25, 0.3) is 0 Å². The number of nitrogens with zero attached hydrogens (tertiary/aromatic N) is 2. The number of anilines is 3. The zero-order chi connectivity index (χ0) is 15.4. The fourth-order valence-corrected chi connectivity index (χ4v) is 2.13. The van der Waals surface area contributed by atoms with Gasteiger partial charge < -0.3 is 15.4 Å². The Bertz CT molecular complexity index is 631. The molecule has 0 bridgehead atoms. The molecule has 0 atom stereocenters. The van der Waals surface area contributed by atoms with Crippen molar-refractivity contribution in [2.45, 2.75) is 6.92 Å². The van der Waals surface area contributed by atoms with E-state index in [1.54, 1.807) is 0 Å². The number of methoxy groups -OCH3 is 1. The van der Waals surface area contributed by atoms with Gasteiger partial charge in [0.1, 0.15) is 12.0 Å². The van der Waals surface area contributed by atoms with Gasteiger partial charge in [-0.2, -0.15) is 0 Å². The molecule has 5 nitrogen and oxygen atoms in total. The molecule has 0 saturated carbocycles. The number of ether oxygens (including phenoxy) is 1. The SMILES string of the molecule is CCNc1ncnc(Nc2c(F)cc(Br)cc2F)c1OC. The first-order valence-electron chi connectivity index (χ1n) is 6.11. The standard InChI is InChI=1S/C13H13BrF2N4O/c1-3-17-12-11(21-2)13(19-6-18-12)20-10-8(15)4-7(14)5-9(10)16/h4-6H,3H2,1-2H3,(H2,17,18,19,20). The molecule has 0 aliphatic rings. The summed E-state index contributed by atoms with van der Waals surface area (Å²) in [5.74, 6) is -0.597. The van der Waals surface area contributed by atoms with Crippen molar-refractivity contribution < 1.29 is 13.5 Å². The van der Waals surface area contributed by atoms with Gasteiger partial charge in [-0.15, -0.1) is 0 Å². The molecule has 0 amide bonds. The van der Waals surface area contributed by atoms with Crippen LogP contribution in [0.2, 0.25) is 0 Å². The summed E-state index contributed by atoms with van der Waals surface area (Å²) in [4.78, 5) is 7.98. The van der Waals surface area contributed by atoms with E-state index in [0.717, 1.165) is 12.1 Å². The Hall–Kier alpha value is -1.96. The lowest BCUT2D eigenvalue weighted by Crippen LogP contribution is -2.07. The van der Waals surface area contributed by atoms with E-state index in [9.17, 15) is 8.78 Å². The van der Waals surface area contributed by atoms with Crippen molar-refractivity contribution in [3.05, 3.63) is 34.6 Å². The second-order valence-corrected chi connectivity index (χ2v) is 4.92. The van der Waals surface area contributed by atoms with E-state index in [-0.39, 0.29) is 17.3 Å². The molecule has 2 N–H and O–H groups in total. The molecule has 0 spiro atoms. The first kappa shape index (κ1) is 15.4. The van der Waals surface area contributed by atoms with Crippen LogP contribution in [0.3, 0.4) is 0 Å². The van der Waals surface area contributed by atoms with Crippen molar-refractivity contribution in [2.24, 2.45) is 0 Å². The lowest BCUT2D eigenvalue weighted by Gasteiger charge is -2.14. The average molecular weight is 359 g/mol. The minimum Gasteiger partial charge on any atom is -0.490 e. The number of aromatic nitrogens is 2. The van der Waals surface area contributed by atoms with Crippen molar-refractivity contribution in [1.82, 2.24) is 9.97 Å². The van der Waals surface area contributed by atoms with Gasteiger partial charge in [0.05, 0.1) is 7.11 Å². The average Bonchev–Trinajstić information content (AvgIpc) is 2.43. The summed E-state index contributed by atoms with van der Waals surface area (Å²) in [6.45, 7) is 2.51. The topological polar surface area (TPSA) is 59.1 Å². The van der Waals surface area contributed by atoms with E-state index >= 15 is 0 Å². The number of halogens is 3. The molecule has 112 valence electrons. The van der Waals surface area contributed by atoms with E-state index < -0.39 is 11.6 Å². The monoisotopic (exact) mass is 358 g/mol. The Morgan fingerprint density at radius 2 is 1.81 bits per heavy atom. The number of hydrogen-bond donors (Lipinski definition) is 2. The van der Waals surface area contributed by atoms with Gasteiger partial charge in [0.15, 0.2) is 23.3 Å². The Morgan fingerprint density at radius 3 is 2.38 bits per heavy atom. The maximum atomic E-state index is 13.8. The lowest BCUT2D eigenvalue weighted by atomic mass is 10.3. The maximum absolute atomic E-state index is 13.8. The van der Waals surface area contributed by atoms with Gasteiger partial charge in [0, 0.05) is 11.0 Å². The van der Waals surface area contributed by atoms with Gasteiger partial charge >= 0.3 is 0 Å². The van der Waals surface area contributed by atoms with Gasteiger partial charge in [-0.3, -0.25) is 0 Å². The van der Waals surface area contributed by atoms with Crippen molar-refractivity contribution in [3.8, 4) is 5.75 Å². The summed E-state index contributed by atoms with van der Waals surface area (Å²) in [6, 6.07) is 2.31. The van der Waals surface area contributed by atoms with Crippen LogP contribution in [0.5, 0.6) is 5.75 Å². The first-order chi connectivity index (χ1) is 10.1. The maximum Gasteiger partial charge on any atom is 0.204 e. The minimum absolute atomic E-state index is 0.170. The van der Waals surface area contributed by atoms with E-state index in [2.05, 4.69) is 36.5 Å². The van der Waals surface area contributed by atoms with E-state index in [1.807, 2.05) is 6.92 Å². The number of nitrogens with one attached hydrogen (secondary N) is 2. The normalized spacial score (nSPS) is 10.3. The summed E-state index contributed by atoms with van der Waals surface area (Å²) in [7, 11) is 1.43. The molecule has 21 heavy (non-hydrogen) atoms. The Kier molecular flexibility index (Phi) is 4.89. The van der Waals surface area contributed by atoms with Gasteiger partial charge in [-0.25, -0.2) is 18.7 Å². The van der Waals surface area contributed by atoms with Crippen molar-refractivity contribution >= 4 is 33.3 Å². The number of rotatable bonds is 5. The van der Waals surface area contributed by atoms with Crippen LogP contribution in [0.4, 0.5) is 26.1 Å². The molecular formula is C13H13BrF2N4O. The highest BCUT2D eigenvalue weighted by molar-refractivity contribution is 9.10. The predicted octanol–water partition coefficient (Wildman–Crippen LogP) is 3.70. The lowest BCUT2D eigenvalue weighted by molar-refractivity contribution is 0.415. The van der Waals surface area contributed by atoms with Crippen LogP contribution >= 0.6 is 15.9 Å². The number of hydrogen-bond acceptors (Lipinski definition) is 5. The third-order valence-corrected chi connectivity index (χ3v) is 3.06. The summed E-state index contributed by atoms with van der Waals surface area (Å²) in [6.07, 6.45) is 1.28. The minimum atomic E-state index is -0.743. The van der Waals surface area contributed by atoms with Gasteiger partial charge in [0.2, 0.25) is 5.75 Å². The van der Waals surface area contributed by atoms with Crippen LogP contribution in [-0.2, 0) is 0 Å². The molecule has 0 radical (unpaired) electrons. The highest BCUT2D eigenvalue weighted by Crippen LogP contribution is 2.33. The molecule has 0 saturated heterocycles. The molecule has 1 heterocycles. The van der Waals surface area contributed by atoms with Crippen molar-refractivity contribution in [1.29, 1.82) is 0 Å². The molecule has 0 fully saturated rings. The third-order valence-electron chi connectivity index (χ3n) is 2.60. The van der Waals surface area contributed by atoms with Crippen molar-refractivity contribution in [3.63, 3.8) is 0 Å². The molecule has 1 aromatic carbocycles. The Labute approximate surface area is 128 Å². The van der Waals surface area contributed by atoms with E-state index in [0.29, 0.717) is 16.8 Å². The summed E-state index contributed by atoms with van der Waals surface area (Å²) >= 11 is 3.02. The number of benzene rings is 1. The predicted molar refractivity (Wildman–Crippen MR) is 80.1 cm³/mol. The molecule has 2 rings (SSSR count). The van der Waals surface area contributed by atoms with E-state index in [4.69, 9.17) is 4.74 Å². The molecule has 0 aliphatic heterocycles. The van der Waals surface area contributed by atoms with Crippen LogP contribution in [0, 0.1) is 11.6 Å². The second-order valence-electron chi connectivity index (χ2n) is 4.00. The molecular weight excluding hydrogens is 346 g/mol. The fourth-order valence-electron chi connectivity index (χ4n) is 1.73. The third kappa shape index (κ3) is 3.38. The Morgan fingerprint density at radius 1 is 1.19 bits per heavy atom. The van der Waals surface area contributed by atoms with Crippen LogP contribution in [0.25, 0.3) is 0 Å². The largest absolute Gasteiger partial charge is 0.490 e. The Balaban J connectivity index is 2.42. The molecule has 0 aliphatic carbocycles. The molecule has 2 aromatic rings. The van der Waals surface area contributed by atoms with Crippen molar-refractivity contribution in [2.75, 3.05) is 24.3 Å². The van der Waals surface area contributed by atoms with Crippen LogP contribution in [0.15, 0.2) is 22.9 Å². The zero-order valence-corrected chi connectivity index (χ0v) is 13.0. The first-order valence-corrected chi connectivity index (χ1v) is 6.90. The van der Waals surface area contributed by atoms with E-state index in [1.165, 1.54) is 13.4 Å². The summed E-state index contributed by atoms with van der Waals surface area (Å²) in [5.41, 5.74) is -0.308. The highest BCUT2D eigenvalue weighted by atomic mass is 79.9. The smallest absolute Gasteiger partial charge is 0.204 e. The second kappa shape index (κ2) is 6.66. The van der Waals surface area contributed by atoms with Crippen LogP contribution < -0.4 is 15.4 Å². The molecule has 8 heteroatoms. The van der Waals surface area contributed by atoms with Crippen LogP contribution in [-0.4, -0.2) is 23.6 Å². The summed E-state index contributed by atoms with van der Waals surface area (Å²) < 4.78 is 33.2. The summed E-state index contributed by atoms with van der Waals surface area (Å²) in [5, 5.41) is 5.58. The molecule has 0 unspecified atom stereocenters. The zero-order valence-electron chi connectivity index (χ0n) is 11.4. The van der Waals surface area contributed by atoms with Gasteiger partial charge in [-0.1, -0.05) is 15.9 Å². The van der Waals surface area contributed by atoms with Crippen LogP contribution in [0.1, 0.15) is 6.92 Å². The quantitative estimate of drug-likeness (QED) is 0.853. The highest BCUT2D eigenvalue weighted by Gasteiger charge is 2.16.